The Kier molecular flexibility index (Phi) is 9.98. The molecule has 1 aliphatic rings. The molecule has 1 atom stereocenters. The van der Waals surface area contributed by atoms with E-state index in [9.17, 15) is 27.6 Å². The standard InChI is InChI=1S/C27H32F3N3O5/c1-18(20-5-3-2-4-6-20)33(26(37)32-22-11-13-23(14-12-22)38-27(28,29)30)17-19-7-9-21(10-8-19)25(36)31-16-15-24(34)35/h7-14,18,20H,2-6,15-17H2,1H3,(H,31,36)(H,32,37)(H,34,35)/t18-/m0/s1. The molecule has 0 unspecified atom stereocenters. The van der Waals surface area contributed by atoms with Gasteiger partial charge in [0.1, 0.15) is 5.75 Å². The van der Waals surface area contributed by atoms with E-state index in [1.807, 2.05) is 6.92 Å². The first-order valence-corrected chi connectivity index (χ1v) is 12.5. The third-order valence-corrected chi connectivity index (χ3v) is 6.62. The van der Waals surface area contributed by atoms with Gasteiger partial charge in [-0.25, -0.2) is 4.79 Å². The van der Waals surface area contributed by atoms with Crippen LogP contribution >= 0.6 is 0 Å². The van der Waals surface area contributed by atoms with Gasteiger partial charge >= 0.3 is 18.4 Å². The number of halogens is 3. The molecular weight excluding hydrogens is 503 g/mol. The van der Waals surface area contributed by atoms with Crippen LogP contribution in [0.25, 0.3) is 0 Å². The quantitative estimate of drug-likeness (QED) is 0.357. The fourth-order valence-electron chi connectivity index (χ4n) is 4.55. The number of aliphatic carboxylic acids is 1. The Morgan fingerprint density at radius 3 is 2.24 bits per heavy atom. The summed E-state index contributed by atoms with van der Waals surface area (Å²) in [5.74, 6) is -1.45. The molecule has 38 heavy (non-hydrogen) atoms. The molecule has 1 saturated carbocycles. The topological polar surface area (TPSA) is 108 Å². The monoisotopic (exact) mass is 535 g/mol. The number of rotatable bonds is 10. The van der Waals surface area contributed by atoms with Crippen LogP contribution in [0, 0.1) is 5.92 Å². The molecule has 11 heteroatoms. The van der Waals surface area contributed by atoms with Crippen molar-refractivity contribution < 1.29 is 37.4 Å². The van der Waals surface area contributed by atoms with E-state index in [2.05, 4.69) is 15.4 Å². The Bertz CT molecular complexity index is 1080. The predicted octanol–water partition coefficient (Wildman–Crippen LogP) is 5.79. The maximum absolute atomic E-state index is 13.4. The van der Waals surface area contributed by atoms with Crippen LogP contribution in [0.15, 0.2) is 48.5 Å². The molecule has 0 bridgehead atoms. The molecule has 206 valence electrons. The Morgan fingerprint density at radius 2 is 1.66 bits per heavy atom. The zero-order valence-electron chi connectivity index (χ0n) is 21.1. The van der Waals surface area contributed by atoms with Crippen LogP contribution in [0.2, 0.25) is 0 Å². The SMILES string of the molecule is C[C@@H](C1CCCCC1)N(Cc1ccc(C(=O)NCCC(=O)O)cc1)C(=O)Nc1ccc(OC(F)(F)F)cc1. The Morgan fingerprint density at radius 1 is 1.03 bits per heavy atom. The van der Waals surface area contributed by atoms with Crippen LogP contribution < -0.4 is 15.4 Å². The molecule has 1 fully saturated rings. The normalized spacial score (nSPS) is 14.8. The molecule has 0 spiro atoms. The Hall–Kier alpha value is -3.76. The number of hydrogen-bond donors (Lipinski definition) is 3. The lowest BCUT2D eigenvalue weighted by Gasteiger charge is -2.37. The Labute approximate surface area is 219 Å². The van der Waals surface area contributed by atoms with Gasteiger partial charge in [0, 0.05) is 30.4 Å². The number of carboxylic acids is 1. The van der Waals surface area contributed by atoms with Gasteiger partial charge in [-0.2, -0.15) is 0 Å². The summed E-state index contributed by atoms with van der Waals surface area (Å²) >= 11 is 0. The molecule has 3 N–H and O–H groups in total. The minimum Gasteiger partial charge on any atom is -0.481 e. The molecule has 2 aromatic rings. The van der Waals surface area contributed by atoms with Gasteiger partial charge in [-0.3, -0.25) is 9.59 Å². The second kappa shape index (κ2) is 13.2. The number of carboxylic acid groups (broad SMARTS) is 1. The van der Waals surface area contributed by atoms with E-state index in [1.54, 1.807) is 29.2 Å². The number of alkyl halides is 3. The number of carbonyl (C=O) groups excluding carboxylic acids is 2. The first-order valence-electron chi connectivity index (χ1n) is 12.5. The number of nitrogens with zero attached hydrogens (tertiary/aromatic N) is 1. The van der Waals surface area contributed by atoms with Gasteiger partial charge in [-0.15, -0.1) is 13.2 Å². The zero-order chi connectivity index (χ0) is 27.7. The summed E-state index contributed by atoms with van der Waals surface area (Å²) in [7, 11) is 0. The molecule has 3 rings (SSSR count). The molecule has 0 aliphatic heterocycles. The predicted molar refractivity (Wildman–Crippen MR) is 135 cm³/mol. The fourth-order valence-corrected chi connectivity index (χ4v) is 4.55. The highest BCUT2D eigenvalue weighted by molar-refractivity contribution is 5.94. The van der Waals surface area contributed by atoms with Crippen LogP contribution in [0.5, 0.6) is 5.75 Å². The van der Waals surface area contributed by atoms with Crippen molar-refractivity contribution in [3.63, 3.8) is 0 Å². The van der Waals surface area contributed by atoms with Crippen LogP contribution in [0.1, 0.15) is 61.4 Å². The van der Waals surface area contributed by atoms with E-state index >= 15 is 0 Å². The highest BCUT2D eigenvalue weighted by Crippen LogP contribution is 2.30. The van der Waals surface area contributed by atoms with Crippen molar-refractivity contribution in [1.82, 2.24) is 10.2 Å². The van der Waals surface area contributed by atoms with Gasteiger partial charge in [-0.05, 0) is 67.6 Å². The van der Waals surface area contributed by atoms with Crippen LogP contribution in [0.3, 0.4) is 0 Å². The van der Waals surface area contributed by atoms with E-state index < -0.39 is 12.3 Å². The lowest BCUT2D eigenvalue weighted by atomic mass is 9.84. The summed E-state index contributed by atoms with van der Waals surface area (Å²) in [5, 5.41) is 14.0. The summed E-state index contributed by atoms with van der Waals surface area (Å²) in [6, 6.07) is 11.2. The lowest BCUT2D eigenvalue weighted by molar-refractivity contribution is -0.274. The van der Waals surface area contributed by atoms with E-state index in [0.717, 1.165) is 49.8 Å². The van der Waals surface area contributed by atoms with Crippen molar-refractivity contribution in [2.24, 2.45) is 5.92 Å². The van der Waals surface area contributed by atoms with Crippen LogP contribution in [-0.2, 0) is 11.3 Å². The summed E-state index contributed by atoms with van der Waals surface area (Å²) in [6.07, 6.45) is 0.385. The van der Waals surface area contributed by atoms with Crippen LogP contribution in [0.4, 0.5) is 23.7 Å². The zero-order valence-corrected chi connectivity index (χ0v) is 21.1. The summed E-state index contributed by atoms with van der Waals surface area (Å²) < 4.78 is 41.2. The molecular formula is C27H32F3N3O5. The number of carbonyl (C=O) groups is 3. The summed E-state index contributed by atoms with van der Waals surface area (Å²) in [6.45, 7) is 2.28. The summed E-state index contributed by atoms with van der Waals surface area (Å²) in [4.78, 5) is 37.9. The van der Waals surface area contributed by atoms with Crippen molar-refractivity contribution in [3.8, 4) is 5.75 Å². The fraction of sp³-hybridized carbons (Fsp3) is 0.444. The first kappa shape index (κ1) is 28.8. The van der Waals surface area contributed by atoms with Gasteiger partial charge in [0.05, 0.1) is 6.42 Å². The van der Waals surface area contributed by atoms with E-state index in [1.165, 1.54) is 12.1 Å². The third-order valence-electron chi connectivity index (χ3n) is 6.62. The average molecular weight is 536 g/mol. The maximum Gasteiger partial charge on any atom is 0.573 e. The number of hydrogen-bond acceptors (Lipinski definition) is 4. The molecule has 8 nitrogen and oxygen atoms in total. The number of anilines is 1. The highest BCUT2D eigenvalue weighted by Gasteiger charge is 2.31. The molecule has 0 aromatic heterocycles. The van der Waals surface area contributed by atoms with Gasteiger partial charge in [0.2, 0.25) is 0 Å². The van der Waals surface area contributed by atoms with Gasteiger partial charge in [-0.1, -0.05) is 31.4 Å². The van der Waals surface area contributed by atoms with E-state index in [4.69, 9.17) is 5.11 Å². The van der Waals surface area contributed by atoms with Gasteiger partial charge in [0.15, 0.2) is 0 Å². The van der Waals surface area contributed by atoms with Crippen molar-refractivity contribution >= 4 is 23.6 Å². The minimum atomic E-state index is -4.80. The van der Waals surface area contributed by atoms with E-state index in [-0.39, 0.29) is 43.2 Å². The number of amides is 3. The highest BCUT2D eigenvalue weighted by atomic mass is 19.4. The molecule has 2 aromatic carbocycles. The van der Waals surface area contributed by atoms with E-state index in [0.29, 0.717) is 17.2 Å². The van der Waals surface area contributed by atoms with Crippen molar-refractivity contribution in [2.45, 2.75) is 64.4 Å². The third kappa shape index (κ3) is 8.97. The second-order valence-corrected chi connectivity index (χ2v) is 9.37. The maximum atomic E-state index is 13.4. The van der Waals surface area contributed by atoms with Gasteiger partial charge in [0.25, 0.3) is 5.91 Å². The van der Waals surface area contributed by atoms with Crippen molar-refractivity contribution in [1.29, 1.82) is 0 Å². The molecule has 0 radical (unpaired) electrons. The molecule has 3 amide bonds. The molecule has 0 saturated heterocycles. The smallest absolute Gasteiger partial charge is 0.481 e. The number of urea groups is 1. The van der Waals surface area contributed by atoms with Gasteiger partial charge < -0.3 is 25.4 Å². The summed E-state index contributed by atoms with van der Waals surface area (Å²) in [5.41, 5.74) is 1.49. The average Bonchev–Trinajstić information content (AvgIpc) is 2.87. The minimum absolute atomic E-state index is 0.0199. The second-order valence-electron chi connectivity index (χ2n) is 9.37. The van der Waals surface area contributed by atoms with Crippen molar-refractivity contribution in [3.05, 3.63) is 59.7 Å². The molecule has 0 heterocycles. The number of ether oxygens (including phenoxy) is 1. The number of benzene rings is 2. The lowest BCUT2D eigenvalue weighted by Crippen LogP contribution is -2.45. The molecule has 1 aliphatic carbocycles. The first-order chi connectivity index (χ1) is 18.0. The number of nitrogens with one attached hydrogen (secondary N) is 2. The Balaban J connectivity index is 1.71. The van der Waals surface area contributed by atoms with Crippen LogP contribution in [-0.4, -0.2) is 46.9 Å². The van der Waals surface area contributed by atoms with Crippen molar-refractivity contribution in [2.75, 3.05) is 11.9 Å². The largest absolute Gasteiger partial charge is 0.573 e.